The van der Waals surface area contributed by atoms with Crippen molar-refractivity contribution in [3.05, 3.63) is 29.1 Å². The largest absolute Gasteiger partial charge is 0.422 e. The molecule has 1 amide bonds. The average Bonchev–Trinajstić information content (AvgIpc) is 2.80. The van der Waals surface area contributed by atoms with E-state index in [0.29, 0.717) is 42.6 Å². The van der Waals surface area contributed by atoms with Crippen molar-refractivity contribution >= 4 is 5.91 Å². The molecule has 37 heavy (non-hydrogen) atoms. The number of nitrogens with zero attached hydrogens (tertiary/aromatic N) is 3. The van der Waals surface area contributed by atoms with Crippen LogP contribution in [0.4, 0.5) is 26.3 Å². The van der Waals surface area contributed by atoms with Gasteiger partial charge in [-0.25, -0.2) is 0 Å². The summed E-state index contributed by atoms with van der Waals surface area (Å²) in [5.41, 5.74) is 6.45. The van der Waals surface area contributed by atoms with E-state index in [0.717, 1.165) is 49.6 Å². The molecule has 1 aromatic rings. The Bertz CT molecular complexity index is 890. The molecule has 3 heterocycles. The maximum absolute atomic E-state index is 13.2. The molecular weight excluding hydrogens is 506 g/mol. The fraction of sp³-hybridized carbons (Fsp3) is 0.750. The molecule has 13 heteroatoms. The van der Waals surface area contributed by atoms with Gasteiger partial charge in [-0.15, -0.1) is 0 Å². The van der Waals surface area contributed by atoms with Gasteiger partial charge in [0.15, 0.2) is 0 Å². The monoisotopic (exact) mass is 543 g/mol. The quantitative estimate of drug-likeness (QED) is 0.423. The van der Waals surface area contributed by atoms with Gasteiger partial charge in [-0.1, -0.05) is 6.92 Å². The first-order chi connectivity index (χ1) is 17.1. The number of aromatic nitrogens is 1. The number of halogens is 6. The van der Waals surface area contributed by atoms with Gasteiger partial charge in [0.1, 0.15) is 12.7 Å². The Morgan fingerprint density at radius 2 is 1.97 bits per heavy atom. The van der Waals surface area contributed by atoms with E-state index in [1.165, 1.54) is 7.11 Å². The number of alkyl halides is 6. The summed E-state index contributed by atoms with van der Waals surface area (Å²) in [5.74, 6) is 0.244. The van der Waals surface area contributed by atoms with Gasteiger partial charge in [0.25, 0.3) is 0 Å². The number of nitrogens with two attached hydrogens (primary N) is 1. The van der Waals surface area contributed by atoms with Crippen molar-refractivity contribution in [2.45, 2.75) is 70.5 Å². The van der Waals surface area contributed by atoms with E-state index >= 15 is 0 Å². The van der Waals surface area contributed by atoms with Crippen LogP contribution in [-0.4, -0.2) is 74.4 Å². The van der Waals surface area contributed by atoms with E-state index in [1.807, 2.05) is 0 Å². The highest BCUT2D eigenvalue weighted by Crippen LogP contribution is 2.30. The Morgan fingerprint density at radius 1 is 1.32 bits per heavy atom. The smallest absolute Gasteiger partial charge is 0.381 e. The first-order valence-electron chi connectivity index (χ1n) is 12.2. The normalized spacial score (nSPS) is 21.1. The highest BCUT2D eigenvalue weighted by atomic mass is 19.4. The minimum atomic E-state index is -4.49. The second-order valence-corrected chi connectivity index (χ2v) is 9.64. The van der Waals surface area contributed by atoms with Crippen molar-refractivity contribution in [1.82, 2.24) is 9.80 Å². The zero-order valence-electron chi connectivity index (χ0n) is 21.7. The van der Waals surface area contributed by atoms with Crippen molar-refractivity contribution in [1.29, 1.82) is 0 Å². The number of amides is 1. The number of pyridine rings is 1. The third-order valence-corrected chi connectivity index (χ3v) is 6.54. The van der Waals surface area contributed by atoms with Crippen LogP contribution in [0.5, 0.6) is 0 Å². The summed E-state index contributed by atoms with van der Waals surface area (Å²) in [7, 11) is 3.41. The molecule has 0 saturated carbocycles. The van der Waals surface area contributed by atoms with Crippen molar-refractivity contribution in [3.8, 4) is 0 Å². The summed E-state index contributed by atoms with van der Waals surface area (Å²) in [5, 5.41) is 0. The fourth-order valence-electron chi connectivity index (χ4n) is 4.70. The van der Waals surface area contributed by atoms with Gasteiger partial charge in [0.05, 0.1) is 25.6 Å². The summed E-state index contributed by atoms with van der Waals surface area (Å²) in [6.45, 7) is 5.23. The lowest BCUT2D eigenvalue weighted by Crippen LogP contribution is -2.52. The maximum atomic E-state index is 13.2. The molecule has 2 aliphatic rings. The number of hydrogen-bond acceptors (Lipinski definition) is 5. The van der Waals surface area contributed by atoms with E-state index in [-0.39, 0.29) is 19.4 Å². The van der Waals surface area contributed by atoms with E-state index < -0.39 is 24.0 Å². The number of ether oxygens (including phenoxy) is 1. The number of hydrogen-bond donors (Lipinski definition) is 1. The topological polar surface area (TPSA) is 71.9 Å². The van der Waals surface area contributed by atoms with E-state index in [4.69, 9.17) is 15.3 Å². The van der Waals surface area contributed by atoms with Gasteiger partial charge in [-0.2, -0.15) is 26.3 Å². The fourth-order valence-corrected chi connectivity index (χ4v) is 4.70. The van der Waals surface area contributed by atoms with Gasteiger partial charge in [0.2, 0.25) is 17.8 Å². The lowest BCUT2D eigenvalue weighted by molar-refractivity contribution is -0.891. The van der Waals surface area contributed by atoms with Crippen molar-refractivity contribution < 1.29 is 45.4 Å². The van der Waals surface area contributed by atoms with Gasteiger partial charge in [-0.3, -0.25) is 9.63 Å². The SMILES string of the molecule is CC(F)(F)F.CO[n+]1cc(C(F)(F)F)cc2c1CCN(C(=O)[C@H](N)CCCN(C)C1CCOCC1C)C2. The molecule has 0 bridgehead atoms. The molecule has 2 N–H and O–H groups in total. The predicted molar refractivity (Wildman–Crippen MR) is 123 cm³/mol. The van der Waals surface area contributed by atoms with Gasteiger partial charge in [0, 0.05) is 36.4 Å². The zero-order chi connectivity index (χ0) is 28.0. The Labute approximate surface area is 213 Å². The number of carbonyl (C=O) groups excluding carboxylic acids is 1. The van der Waals surface area contributed by atoms with Crippen LogP contribution in [0.25, 0.3) is 0 Å². The second kappa shape index (κ2) is 13.1. The van der Waals surface area contributed by atoms with Gasteiger partial charge >= 0.3 is 12.4 Å². The van der Waals surface area contributed by atoms with Crippen LogP contribution in [0.15, 0.2) is 12.3 Å². The van der Waals surface area contributed by atoms with Crippen LogP contribution in [-0.2, 0) is 28.7 Å². The standard InChI is InChI=1S/C22H34F3N4O3.C2H3F3/c1-15-14-32-10-7-19(15)27(2)8-4-5-18(26)21(30)28-9-6-20-16(12-28)11-17(22(23,24)25)13-29(20)31-3;1-2(3,4)5/h11,13,15,18-19H,4-10,12,14,26H2,1-3H3;1H3/q+1;/t15?,18-,19?;/m1./s1. The Morgan fingerprint density at radius 3 is 2.54 bits per heavy atom. The Hall–Kier alpha value is -2.12. The van der Waals surface area contributed by atoms with E-state index in [9.17, 15) is 31.1 Å². The number of rotatable bonds is 7. The number of carbonyl (C=O) groups is 1. The molecule has 1 fully saturated rings. The molecule has 0 aromatic carbocycles. The zero-order valence-corrected chi connectivity index (χ0v) is 21.7. The third kappa shape index (κ3) is 9.60. The summed E-state index contributed by atoms with van der Waals surface area (Å²) in [4.78, 5) is 21.8. The summed E-state index contributed by atoms with van der Waals surface area (Å²) >= 11 is 0. The molecule has 7 nitrogen and oxygen atoms in total. The average molecular weight is 544 g/mol. The molecule has 1 aromatic heterocycles. The van der Waals surface area contributed by atoms with Crippen molar-refractivity contribution in [3.63, 3.8) is 0 Å². The minimum absolute atomic E-state index is 0.0919. The van der Waals surface area contributed by atoms with Gasteiger partial charge in [-0.05, 0) is 44.8 Å². The summed E-state index contributed by atoms with van der Waals surface area (Å²) < 4.78 is 77.4. The van der Waals surface area contributed by atoms with Crippen LogP contribution < -0.4 is 15.3 Å². The molecule has 0 spiro atoms. The maximum Gasteiger partial charge on any atom is 0.422 e. The molecular formula is C24H37F6N4O3+. The molecule has 0 aliphatic carbocycles. The third-order valence-electron chi connectivity index (χ3n) is 6.54. The molecule has 3 rings (SSSR count). The Balaban J connectivity index is 0.000000877. The van der Waals surface area contributed by atoms with Gasteiger partial charge < -0.3 is 20.3 Å². The van der Waals surface area contributed by atoms with Crippen molar-refractivity contribution in [2.24, 2.45) is 11.7 Å². The minimum Gasteiger partial charge on any atom is -0.381 e. The lowest BCUT2D eigenvalue weighted by Gasteiger charge is -2.36. The lowest BCUT2D eigenvalue weighted by atomic mass is 9.96. The molecule has 2 aliphatic heterocycles. The number of fused-ring (bicyclic) bond motifs is 1. The van der Waals surface area contributed by atoms with Crippen LogP contribution in [0.3, 0.4) is 0 Å². The molecule has 3 atom stereocenters. The summed E-state index contributed by atoms with van der Waals surface area (Å²) in [6, 6.07) is 0.891. The van der Waals surface area contributed by atoms with Crippen LogP contribution in [0.2, 0.25) is 0 Å². The van der Waals surface area contributed by atoms with E-state index in [1.54, 1.807) is 4.90 Å². The first-order valence-corrected chi connectivity index (χ1v) is 12.2. The second-order valence-electron chi connectivity index (χ2n) is 9.64. The van der Waals surface area contributed by atoms with Crippen LogP contribution in [0, 0.1) is 5.92 Å². The Kier molecular flexibility index (Phi) is 11.0. The molecule has 2 unspecified atom stereocenters. The first kappa shape index (κ1) is 31.1. The van der Waals surface area contributed by atoms with E-state index in [2.05, 4.69) is 18.9 Å². The molecule has 212 valence electrons. The van der Waals surface area contributed by atoms with Crippen LogP contribution in [0.1, 0.15) is 49.9 Å². The summed E-state index contributed by atoms with van der Waals surface area (Å²) in [6.07, 6.45) is -4.84. The highest BCUT2D eigenvalue weighted by Gasteiger charge is 2.38. The predicted octanol–water partition coefficient (Wildman–Crippen LogP) is 2.97. The molecule has 1 saturated heterocycles. The molecule has 0 radical (unpaired) electrons. The van der Waals surface area contributed by atoms with Crippen molar-refractivity contribution in [2.75, 3.05) is 40.5 Å². The van der Waals surface area contributed by atoms with Crippen LogP contribution >= 0.6 is 0 Å². The highest BCUT2D eigenvalue weighted by molar-refractivity contribution is 5.81.